The van der Waals surface area contributed by atoms with Crippen LogP contribution in [0.25, 0.3) is 0 Å². The van der Waals surface area contributed by atoms with Gasteiger partial charge in [-0.3, -0.25) is 0 Å². The van der Waals surface area contributed by atoms with E-state index in [2.05, 4.69) is 21.8 Å². The number of halogens is 1. The van der Waals surface area contributed by atoms with E-state index in [9.17, 15) is 0 Å². The molecule has 2 heterocycles. The van der Waals surface area contributed by atoms with Gasteiger partial charge in [0.15, 0.2) is 6.29 Å². The number of hydrogen-bond donors (Lipinski definition) is 1. The maximum Gasteiger partial charge on any atom is 0.225 e. The van der Waals surface area contributed by atoms with Crippen molar-refractivity contribution >= 4 is 29.4 Å². The van der Waals surface area contributed by atoms with Gasteiger partial charge in [0.2, 0.25) is 5.90 Å². The molecular weight excluding hydrogens is 488 g/mol. The highest BCUT2D eigenvalue weighted by atomic mass is 35.5. The summed E-state index contributed by atoms with van der Waals surface area (Å²) in [4.78, 5) is 11.3. The third-order valence-electron chi connectivity index (χ3n) is 5.85. The molecule has 1 N–H and O–H groups in total. The monoisotopic (exact) mass is 514 g/mol. The first kappa shape index (κ1) is 24.5. The Bertz CT molecular complexity index is 1330. The van der Waals surface area contributed by atoms with Crippen LogP contribution in [0.5, 0.6) is 11.5 Å². The second-order valence-electron chi connectivity index (χ2n) is 8.60. The van der Waals surface area contributed by atoms with Crippen LogP contribution in [0.3, 0.4) is 0 Å². The van der Waals surface area contributed by atoms with Crippen LogP contribution in [0.1, 0.15) is 11.1 Å². The Morgan fingerprint density at radius 1 is 1.00 bits per heavy atom. The highest BCUT2D eigenvalue weighted by Gasteiger charge is 2.24. The topological polar surface area (TPSA) is 67.7 Å². The number of nitrogens with one attached hydrogen (secondary N) is 1. The molecule has 2 aliphatic heterocycles. The second-order valence-corrected chi connectivity index (χ2v) is 9.04. The van der Waals surface area contributed by atoms with Gasteiger partial charge in [0.25, 0.3) is 0 Å². The largest absolute Gasteiger partial charge is 0.497 e. The number of hydrogen-bond acceptors (Lipinski definition) is 7. The van der Waals surface area contributed by atoms with Crippen molar-refractivity contribution in [2.45, 2.75) is 19.4 Å². The second kappa shape index (κ2) is 11.2. The summed E-state index contributed by atoms with van der Waals surface area (Å²) in [6.45, 7) is 5.41. The van der Waals surface area contributed by atoms with Gasteiger partial charge in [-0.15, -0.1) is 0 Å². The maximum atomic E-state index is 6.08. The Balaban J connectivity index is 1.26. The average molecular weight is 515 g/mol. The summed E-state index contributed by atoms with van der Waals surface area (Å²) >= 11 is 6.08. The van der Waals surface area contributed by atoms with Crippen LogP contribution in [0.15, 0.2) is 107 Å². The van der Waals surface area contributed by atoms with E-state index in [-0.39, 0.29) is 6.29 Å². The molecule has 8 heteroatoms. The minimum absolute atomic E-state index is 0.323. The first-order valence-electron chi connectivity index (χ1n) is 11.8. The van der Waals surface area contributed by atoms with Crippen LogP contribution in [-0.4, -0.2) is 37.0 Å². The van der Waals surface area contributed by atoms with Gasteiger partial charge in [0.05, 0.1) is 12.7 Å². The van der Waals surface area contributed by atoms with Crippen molar-refractivity contribution in [3.8, 4) is 11.5 Å². The third-order valence-corrected chi connectivity index (χ3v) is 6.11. The SMILES string of the molecule is C=C1CN=C(C2=CN(Cc3ccc(Cl)cc3)C(Nc3ccc(OCc4ccc(OC)cc4)cc3)N=C2)O1. The van der Waals surface area contributed by atoms with E-state index in [1.807, 2.05) is 79.0 Å². The van der Waals surface area contributed by atoms with Gasteiger partial charge in [-0.25, -0.2) is 9.98 Å². The number of aliphatic imine (C=N–C) groups is 2. The normalized spacial score (nSPS) is 16.6. The molecule has 1 atom stereocenters. The molecule has 0 saturated heterocycles. The Morgan fingerprint density at radius 3 is 2.38 bits per heavy atom. The van der Waals surface area contributed by atoms with E-state index in [1.165, 1.54) is 0 Å². The molecule has 0 amide bonds. The number of anilines is 1. The van der Waals surface area contributed by atoms with Crippen molar-refractivity contribution in [1.29, 1.82) is 0 Å². The van der Waals surface area contributed by atoms with Gasteiger partial charge in [0, 0.05) is 29.7 Å². The Labute approximate surface area is 221 Å². The summed E-state index contributed by atoms with van der Waals surface area (Å²) in [5, 5.41) is 4.19. The standard InChI is InChI=1S/C29H27ClN4O3/c1-20-15-31-28(37-20)23-16-32-29(34(18-23)17-21-3-7-24(30)8-4-21)33-25-9-13-27(14-10-25)36-19-22-5-11-26(35-2)12-6-22/h3-14,16,18,29,33H,1,15,17,19H2,2H3. The third kappa shape index (κ3) is 6.32. The van der Waals surface area contributed by atoms with Gasteiger partial charge in [-0.2, -0.15) is 0 Å². The zero-order valence-electron chi connectivity index (χ0n) is 20.4. The van der Waals surface area contributed by atoms with Crippen LogP contribution in [0.2, 0.25) is 5.02 Å². The van der Waals surface area contributed by atoms with E-state index in [0.29, 0.717) is 36.4 Å². The summed E-state index contributed by atoms with van der Waals surface area (Å²) in [6, 6.07) is 23.5. The van der Waals surface area contributed by atoms with Crippen molar-refractivity contribution in [3.05, 3.63) is 113 Å². The molecule has 3 aromatic carbocycles. The molecule has 3 aromatic rings. The molecule has 0 bridgehead atoms. The van der Waals surface area contributed by atoms with Crippen LogP contribution in [-0.2, 0) is 17.9 Å². The average Bonchev–Trinajstić information content (AvgIpc) is 3.37. The molecule has 188 valence electrons. The Hall–Kier alpha value is -4.23. The molecule has 2 aliphatic rings. The van der Waals surface area contributed by atoms with Crippen molar-refractivity contribution in [3.63, 3.8) is 0 Å². The van der Waals surface area contributed by atoms with Crippen LogP contribution in [0.4, 0.5) is 5.69 Å². The number of ether oxygens (including phenoxy) is 3. The molecular formula is C29H27ClN4O3. The summed E-state index contributed by atoms with van der Waals surface area (Å²) in [6.07, 6.45) is 3.46. The molecule has 0 aromatic heterocycles. The summed E-state index contributed by atoms with van der Waals surface area (Å²) in [7, 11) is 1.65. The van der Waals surface area contributed by atoms with Gasteiger partial charge in [-0.05, 0) is 59.7 Å². The lowest BCUT2D eigenvalue weighted by Crippen LogP contribution is -2.38. The van der Waals surface area contributed by atoms with Gasteiger partial charge >= 0.3 is 0 Å². The Kier molecular flexibility index (Phi) is 7.42. The maximum absolute atomic E-state index is 6.08. The zero-order valence-corrected chi connectivity index (χ0v) is 21.2. The van der Waals surface area contributed by atoms with E-state index in [4.69, 9.17) is 30.8 Å². The minimum atomic E-state index is -0.323. The summed E-state index contributed by atoms with van der Waals surface area (Å²) < 4.78 is 16.8. The Morgan fingerprint density at radius 2 is 1.70 bits per heavy atom. The highest BCUT2D eigenvalue weighted by molar-refractivity contribution is 6.30. The van der Waals surface area contributed by atoms with Gasteiger partial charge < -0.3 is 24.4 Å². The minimum Gasteiger partial charge on any atom is -0.497 e. The molecule has 5 rings (SSSR count). The predicted molar refractivity (Wildman–Crippen MR) is 147 cm³/mol. The van der Waals surface area contributed by atoms with Gasteiger partial charge in [0.1, 0.15) is 30.4 Å². The quantitative estimate of drug-likeness (QED) is 0.377. The molecule has 7 nitrogen and oxygen atoms in total. The van der Waals surface area contributed by atoms with E-state index >= 15 is 0 Å². The van der Waals surface area contributed by atoms with E-state index in [0.717, 1.165) is 33.9 Å². The molecule has 1 unspecified atom stereocenters. The zero-order chi connectivity index (χ0) is 25.6. The first-order chi connectivity index (χ1) is 18.1. The number of nitrogens with zero attached hydrogens (tertiary/aromatic N) is 3. The van der Waals surface area contributed by atoms with E-state index in [1.54, 1.807) is 13.3 Å². The lowest BCUT2D eigenvalue weighted by molar-refractivity contribution is 0.296. The fourth-order valence-corrected chi connectivity index (χ4v) is 4.00. The van der Waals surface area contributed by atoms with E-state index < -0.39 is 0 Å². The summed E-state index contributed by atoms with van der Waals surface area (Å²) in [5.74, 6) is 2.77. The van der Waals surface area contributed by atoms with Crippen LogP contribution < -0.4 is 14.8 Å². The fraction of sp³-hybridized carbons (Fsp3) is 0.172. The summed E-state index contributed by atoms with van der Waals surface area (Å²) in [5.41, 5.74) is 3.89. The lowest BCUT2D eigenvalue weighted by Gasteiger charge is -2.32. The van der Waals surface area contributed by atoms with Gasteiger partial charge in [-0.1, -0.05) is 42.4 Å². The van der Waals surface area contributed by atoms with Crippen molar-refractivity contribution in [2.24, 2.45) is 9.98 Å². The van der Waals surface area contributed by atoms with Crippen LogP contribution >= 0.6 is 11.6 Å². The smallest absolute Gasteiger partial charge is 0.225 e. The number of rotatable bonds is 9. The van der Waals surface area contributed by atoms with Crippen molar-refractivity contribution in [1.82, 2.24) is 4.90 Å². The van der Waals surface area contributed by atoms with Crippen molar-refractivity contribution < 1.29 is 14.2 Å². The predicted octanol–water partition coefficient (Wildman–Crippen LogP) is 6.04. The first-order valence-corrected chi connectivity index (χ1v) is 12.2. The van der Waals surface area contributed by atoms with Crippen molar-refractivity contribution in [2.75, 3.05) is 19.0 Å². The molecule has 0 spiro atoms. The van der Waals surface area contributed by atoms with Crippen LogP contribution in [0, 0.1) is 0 Å². The number of methoxy groups -OCH3 is 1. The molecule has 0 saturated carbocycles. The molecule has 37 heavy (non-hydrogen) atoms. The molecule has 0 fully saturated rings. The lowest BCUT2D eigenvalue weighted by atomic mass is 10.2. The fourth-order valence-electron chi connectivity index (χ4n) is 3.88. The molecule has 0 aliphatic carbocycles. The highest BCUT2D eigenvalue weighted by Crippen LogP contribution is 2.24. The molecule has 0 radical (unpaired) electrons. The number of benzene rings is 3.